The van der Waals surface area contributed by atoms with E-state index >= 15 is 0 Å². The quantitative estimate of drug-likeness (QED) is 0.677. The summed E-state index contributed by atoms with van der Waals surface area (Å²) < 4.78 is 10.9. The third kappa shape index (κ3) is 4.40. The van der Waals surface area contributed by atoms with E-state index in [1.54, 1.807) is 30.3 Å². The van der Waals surface area contributed by atoms with Crippen LogP contribution >= 0.6 is 0 Å². The molecule has 30 heavy (non-hydrogen) atoms. The number of fused-ring (bicyclic) bond motifs is 1. The van der Waals surface area contributed by atoms with Crippen LogP contribution in [0.5, 0.6) is 11.5 Å². The van der Waals surface area contributed by atoms with Crippen LogP contribution < -0.4 is 20.1 Å². The molecule has 0 unspecified atom stereocenters. The Balaban J connectivity index is 1.60. The molecule has 2 aromatic rings. The van der Waals surface area contributed by atoms with Crippen LogP contribution in [0, 0.1) is 0 Å². The van der Waals surface area contributed by atoms with Crippen LogP contribution in [0.4, 0.5) is 10.5 Å². The van der Waals surface area contributed by atoms with Gasteiger partial charge in [0.25, 0.3) is 11.8 Å². The lowest BCUT2D eigenvalue weighted by atomic mass is 10.1. The van der Waals surface area contributed by atoms with E-state index in [9.17, 15) is 19.2 Å². The van der Waals surface area contributed by atoms with E-state index in [1.165, 1.54) is 12.1 Å². The number of nitrogens with zero attached hydrogens (tertiary/aromatic N) is 1. The molecule has 0 saturated heterocycles. The van der Waals surface area contributed by atoms with E-state index in [4.69, 9.17) is 9.47 Å². The van der Waals surface area contributed by atoms with Crippen molar-refractivity contribution in [2.75, 3.05) is 25.1 Å². The molecule has 9 heteroatoms. The molecule has 2 N–H and O–H groups in total. The third-order valence-corrected chi connectivity index (χ3v) is 4.23. The molecule has 1 aliphatic rings. The molecule has 1 heterocycles. The first-order valence-corrected chi connectivity index (χ1v) is 9.40. The molecule has 9 nitrogen and oxygen atoms in total. The van der Waals surface area contributed by atoms with Crippen LogP contribution in [-0.4, -0.2) is 48.4 Å². The summed E-state index contributed by atoms with van der Waals surface area (Å²) in [4.78, 5) is 49.7. The highest BCUT2D eigenvalue weighted by Crippen LogP contribution is 2.30. The van der Waals surface area contributed by atoms with E-state index in [0.29, 0.717) is 30.4 Å². The van der Waals surface area contributed by atoms with Crippen LogP contribution in [0.25, 0.3) is 0 Å². The Morgan fingerprint density at radius 3 is 2.10 bits per heavy atom. The average molecular weight is 411 g/mol. The molecule has 0 saturated carbocycles. The van der Waals surface area contributed by atoms with Crippen molar-refractivity contribution >= 4 is 29.4 Å². The first-order chi connectivity index (χ1) is 14.4. The van der Waals surface area contributed by atoms with Crippen molar-refractivity contribution in [3.8, 4) is 11.5 Å². The van der Waals surface area contributed by atoms with Gasteiger partial charge in [0.15, 0.2) is 11.5 Å². The number of benzene rings is 2. The van der Waals surface area contributed by atoms with Gasteiger partial charge in [-0.1, -0.05) is 12.1 Å². The number of hydrogen-bond donors (Lipinski definition) is 2. The lowest BCUT2D eigenvalue weighted by molar-refractivity contribution is -0.120. The second-order valence-corrected chi connectivity index (χ2v) is 6.27. The number of amides is 5. The van der Waals surface area contributed by atoms with Gasteiger partial charge in [0.1, 0.15) is 6.54 Å². The minimum absolute atomic E-state index is 0.234. The van der Waals surface area contributed by atoms with Crippen LogP contribution in [0.1, 0.15) is 34.6 Å². The molecule has 0 fully saturated rings. The topological polar surface area (TPSA) is 114 Å². The normalized spacial score (nSPS) is 12.4. The maximum absolute atomic E-state index is 12.3. The van der Waals surface area contributed by atoms with Gasteiger partial charge in [-0.3, -0.25) is 24.6 Å². The highest BCUT2D eigenvalue weighted by atomic mass is 16.5. The molecule has 0 aliphatic carbocycles. The zero-order chi connectivity index (χ0) is 21.7. The second kappa shape index (κ2) is 9.08. The number of ether oxygens (including phenoxy) is 2. The van der Waals surface area contributed by atoms with Crippen molar-refractivity contribution in [2.24, 2.45) is 0 Å². The monoisotopic (exact) mass is 411 g/mol. The largest absolute Gasteiger partial charge is 0.490 e. The lowest BCUT2D eigenvalue weighted by Crippen LogP contribution is -2.43. The SMILES string of the molecule is CCOc1ccc(NC(=O)NC(=O)CN2C(=O)c3ccccc3C2=O)cc1OCC. The first-order valence-electron chi connectivity index (χ1n) is 9.40. The van der Waals surface area contributed by atoms with Gasteiger partial charge in [-0.15, -0.1) is 0 Å². The molecule has 2 aromatic carbocycles. The summed E-state index contributed by atoms with van der Waals surface area (Å²) in [6.07, 6.45) is 0. The highest BCUT2D eigenvalue weighted by molar-refractivity contribution is 6.22. The second-order valence-electron chi connectivity index (χ2n) is 6.27. The Hall–Kier alpha value is -3.88. The Bertz CT molecular complexity index is 969. The smallest absolute Gasteiger partial charge is 0.325 e. The fourth-order valence-corrected chi connectivity index (χ4v) is 2.98. The van der Waals surface area contributed by atoms with Gasteiger partial charge in [-0.2, -0.15) is 0 Å². The molecule has 156 valence electrons. The predicted octanol–water partition coefficient (Wildman–Crippen LogP) is 2.43. The van der Waals surface area contributed by atoms with Gasteiger partial charge in [0.2, 0.25) is 5.91 Å². The number of carbonyl (C=O) groups excluding carboxylic acids is 4. The summed E-state index contributed by atoms with van der Waals surface area (Å²) in [6.45, 7) is 3.97. The summed E-state index contributed by atoms with van der Waals surface area (Å²) in [5.41, 5.74) is 0.850. The van der Waals surface area contributed by atoms with Crippen molar-refractivity contribution in [3.63, 3.8) is 0 Å². The lowest BCUT2D eigenvalue weighted by Gasteiger charge is -2.14. The van der Waals surface area contributed by atoms with E-state index < -0.39 is 30.3 Å². The average Bonchev–Trinajstić information content (AvgIpc) is 2.95. The van der Waals surface area contributed by atoms with E-state index in [2.05, 4.69) is 10.6 Å². The van der Waals surface area contributed by atoms with E-state index in [-0.39, 0.29) is 11.1 Å². The van der Waals surface area contributed by atoms with Gasteiger partial charge in [-0.25, -0.2) is 4.79 Å². The number of rotatable bonds is 7. The van der Waals surface area contributed by atoms with Gasteiger partial charge in [0, 0.05) is 11.8 Å². The molecule has 0 aromatic heterocycles. The number of carbonyl (C=O) groups is 4. The van der Waals surface area contributed by atoms with Crippen molar-refractivity contribution in [2.45, 2.75) is 13.8 Å². The number of imide groups is 2. The van der Waals surface area contributed by atoms with Crippen LogP contribution in [0.3, 0.4) is 0 Å². The molecular formula is C21H21N3O6. The maximum Gasteiger partial charge on any atom is 0.325 e. The minimum Gasteiger partial charge on any atom is -0.490 e. The first kappa shape index (κ1) is 20.8. The molecule has 0 radical (unpaired) electrons. The summed E-state index contributed by atoms with van der Waals surface area (Å²) in [7, 11) is 0. The zero-order valence-corrected chi connectivity index (χ0v) is 16.6. The molecule has 1 aliphatic heterocycles. The van der Waals surface area contributed by atoms with Crippen LogP contribution in [0.15, 0.2) is 42.5 Å². The Labute approximate surface area is 172 Å². The van der Waals surface area contributed by atoms with Gasteiger partial charge < -0.3 is 14.8 Å². The number of urea groups is 1. The van der Waals surface area contributed by atoms with Crippen molar-refractivity contribution in [3.05, 3.63) is 53.6 Å². The summed E-state index contributed by atoms with van der Waals surface area (Å²) >= 11 is 0. The number of hydrogen-bond acceptors (Lipinski definition) is 6. The highest BCUT2D eigenvalue weighted by Gasteiger charge is 2.36. The maximum atomic E-state index is 12.3. The molecular weight excluding hydrogens is 390 g/mol. The molecule has 0 atom stereocenters. The fourth-order valence-electron chi connectivity index (χ4n) is 2.98. The van der Waals surface area contributed by atoms with Gasteiger partial charge >= 0.3 is 6.03 Å². The van der Waals surface area contributed by atoms with Crippen LogP contribution in [-0.2, 0) is 4.79 Å². The molecule has 3 rings (SSSR count). The molecule has 0 spiro atoms. The fraction of sp³-hybridized carbons (Fsp3) is 0.238. The summed E-state index contributed by atoms with van der Waals surface area (Å²) in [6, 6.07) is 10.3. The van der Waals surface area contributed by atoms with Gasteiger partial charge in [0.05, 0.1) is 24.3 Å². The Morgan fingerprint density at radius 1 is 0.900 bits per heavy atom. The summed E-state index contributed by atoms with van der Waals surface area (Å²) in [5, 5.41) is 4.62. The Morgan fingerprint density at radius 2 is 1.50 bits per heavy atom. The van der Waals surface area contributed by atoms with Crippen molar-refractivity contribution in [1.82, 2.24) is 10.2 Å². The van der Waals surface area contributed by atoms with Crippen LogP contribution in [0.2, 0.25) is 0 Å². The van der Waals surface area contributed by atoms with Gasteiger partial charge in [-0.05, 0) is 38.1 Å². The number of nitrogens with one attached hydrogen (secondary N) is 2. The van der Waals surface area contributed by atoms with E-state index in [1.807, 2.05) is 13.8 Å². The van der Waals surface area contributed by atoms with Crippen molar-refractivity contribution < 1.29 is 28.7 Å². The Kier molecular flexibility index (Phi) is 6.31. The minimum atomic E-state index is -0.803. The zero-order valence-electron chi connectivity index (χ0n) is 16.6. The van der Waals surface area contributed by atoms with E-state index in [0.717, 1.165) is 4.90 Å². The predicted molar refractivity (Wildman–Crippen MR) is 108 cm³/mol. The molecule has 5 amide bonds. The third-order valence-electron chi connectivity index (χ3n) is 4.23. The summed E-state index contributed by atoms with van der Waals surface area (Å²) in [5.74, 6) is -0.947. The molecule has 0 bridgehead atoms. The van der Waals surface area contributed by atoms with Crippen molar-refractivity contribution in [1.29, 1.82) is 0 Å². The number of anilines is 1. The standard InChI is InChI=1S/C21H21N3O6/c1-3-29-16-10-9-13(11-17(16)30-4-2)22-21(28)23-18(25)12-24-19(26)14-7-5-6-8-15(14)20(24)27/h5-11H,3-4,12H2,1-2H3,(H2,22,23,25,28).